The molecule has 7 heteroatoms. The molecule has 2 amide bonds. The van der Waals surface area contributed by atoms with Gasteiger partial charge in [-0.05, 0) is 35.1 Å². The van der Waals surface area contributed by atoms with Crippen molar-refractivity contribution in [1.82, 2.24) is 10.6 Å². The second-order valence-corrected chi connectivity index (χ2v) is 7.59. The Bertz CT molecular complexity index is 674. The zero-order valence-electron chi connectivity index (χ0n) is 16.0. The molecule has 148 valence electrons. The van der Waals surface area contributed by atoms with Crippen molar-refractivity contribution in [2.24, 2.45) is 5.92 Å². The van der Waals surface area contributed by atoms with Gasteiger partial charge in [-0.2, -0.15) is 0 Å². The van der Waals surface area contributed by atoms with Crippen LogP contribution >= 0.6 is 11.3 Å². The summed E-state index contributed by atoms with van der Waals surface area (Å²) < 4.78 is 10.6. The average molecular weight is 393 g/mol. The van der Waals surface area contributed by atoms with Crippen LogP contribution in [0.15, 0.2) is 41.8 Å². The van der Waals surface area contributed by atoms with Gasteiger partial charge in [0, 0.05) is 11.4 Å². The van der Waals surface area contributed by atoms with E-state index < -0.39 is 6.10 Å². The Hall–Kier alpha value is -2.09. The molecule has 2 rings (SSSR count). The largest absolute Gasteiger partial charge is 0.497 e. The first-order chi connectivity index (χ1) is 13.0. The molecule has 0 bridgehead atoms. The number of hydrogen-bond donors (Lipinski definition) is 3. The van der Waals surface area contributed by atoms with Gasteiger partial charge in [0.2, 0.25) is 0 Å². The standard InChI is InChI=1S/C20H28N2O4S/c1-14(2)19(18-5-4-10-27-18)22-20(24)21-11-16(23)13-26-12-15-6-8-17(25-3)9-7-15/h4-10,14,16,19,23H,11-13H2,1-3H3,(H2,21,22,24). The number of amides is 2. The molecule has 0 aliphatic heterocycles. The van der Waals surface area contributed by atoms with Crippen LogP contribution in [0.5, 0.6) is 5.75 Å². The summed E-state index contributed by atoms with van der Waals surface area (Å²) in [6, 6.07) is 11.2. The molecule has 1 heterocycles. The molecule has 2 unspecified atom stereocenters. The van der Waals surface area contributed by atoms with Crippen molar-refractivity contribution >= 4 is 17.4 Å². The van der Waals surface area contributed by atoms with Crippen molar-refractivity contribution < 1.29 is 19.4 Å². The number of hydrogen-bond acceptors (Lipinski definition) is 5. The highest BCUT2D eigenvalue weighted by molar-refractivity contribution is 7.10. The SMILES string of the molecule is COc1ccc(COCC(O)CNC(=O)NC(c2cccs2)C(C)C)cc1. The Morgan fingerprint density at radius 3 is 2.56 bits per heavy atom. The maximum atomic E-state index is 12.1. The third-order valence-corrected chi connectivity index (χ3v) is 4.99. The van der Waals surface area contributed by atoms with Crippen LogP contribution in [0.1, 0.15) is 30.3 Å². The van der Waals surface area contributed by atoms with E-state index in [0.29, 0.717) is 6.61 Å². The number of methoxy groups -OCH3 is 1. The van der Waals surface area contributed by atoms with Crippen LogP contribution in [0.4, 0.5) is 4.79 Å². The van der Waals surface area contributed by atoms with Crippen LogP contribution in [-0.4, -0.2) is 37.5 Å². The lowest BCUT2D eigenvalue weighted by molar-refractivity contribution is 0.0299. The van der Waals surface area contributed by atoms with Crippen molar-refractivity contribution in [3.63, 3.8) is 0 Å². The highest BCUT2D eigenvalue weighted by Gasteiger charge is 2.19. The minimum Gasteiger partial charge on any atom is -0.497 e. The van der Waals surface area contributed by atoms with Gasteiger partial charge in [-0.15, -0.1) is 11.3 Å². The van der Waals surface area contributed by atoms with Crippen LogP contribution in [0, 0.1) is 5.92 Å². The molecule has 0 aliphatic carbocycles. The Morgan fingerprint density at radius 1 is 1.22 bits per heavy atom. The molecule has 3 N–H and O–H groups in total. The number of nitrogens with one attached hydrogen (secondary N) is 2. The molecule has 27 heavy (non-hydrogen) atoms. The second kappa shape index (κ2) is 10.9. The van der Waals surface area contributed by atoms with Gasteiger partial charge in [-0.25, -0.2) is 4.79 Å². The van der Waals surface area contributed by atoms with Gasteiger partial charge in [-0.1, -0.05) is 32.0 Å². The molecular formula is C20H28N2O4S. The number of rotatable bonds is 10. The van der Waals surface area contributed by atoms with Crippen LogP contribution in [0.25, 0.3) is 0 Å². The molecular weight excluding hydrogens is 364 g/mol. The highest BCUT2D eigenvalue weighted by atomic mass is 32.1. The number of carbonyl (C=O) groups excluding carboxylic acids is 1. The summed E-state index contributed by atoms with van der Waals surface area (Å²) in [6.07, 6.45) is -0.770. The van der Waals surface area contributed by atoms with Gasteiger partial charge >= 0.3 is 6.03 Å². The number of ether oxygens (including phenoxy) is 2. The van der Waals surface area contributed by atoms with Crippen molar-refractivity contribution in [2.75, 3.05) is 20.3 Å². The van der Waals surface area contributed by atoms with Gasteiger partial charge in [0.1, 0.15) is 5.75 Å². The first-order valence-corrected chi connectivity index (χ1v) is 9.84. The van der Waals surface area contributed by atoms with Gasteiger partial charge in [0.05, 0.1) is 32.5 Å². The lowest BCUT2D eigenvalue weighted by Gasteiger charge is -2.22. The van der Waals surface area contributed by atoms with Gasteiger partial charge in [0.25, 0.3) is 0 Å². The Labute approximate surface area is 164 Å². The molecule has 0 fully saturated rings. The molecule has 0 spiro atoms. The lowest BCUT2D eigenvalue weighted by Crippen LogP contribution is -2.43. The Morgan fingerprint density at radius 2 is 1.96 bits per heavy atom. The maximum absolute atomic E-state index is 12.1. The summed E-state index contributed by atoms with van der Waals surface area (Å²) in [5.41, 5.74) is 0.990. The molecule has 1 aromatic carbocycles. The van der Waals surface area contributed by atoms with E-state index in [2.05, 4.69) is 24.5 Å². The third kappa shape index (κ3) is 7.21. The van der Waals surface area contributed by atoms with E-state index in [0.717, 1.165) is 16.2 Å². The monoisotopic (exact) mass is 392 g/mol. The smallest absolute Gasteiger partial charge is 0.315 e. The van der Waals surface area contributed by atoms with Crippen LogP contribution in [0.3, 0.4) is 0 Å². The number of aliphatic hydroxyl groups excluding tert-OH is 1. The van der Waals surface area contributed by atoms with Gasteiger partial charge < -0.3 is 25.2 Å². The van der Waals surface area contributed by atoms with Crippen molar-refractivity contribution in [3.05, 3.63) is 52.2 Å². The van der Waals surface area contributed by atoms with E-state index >= 15 is 0 Å². The summed E-state index contributed by atoms with van der Waals surface area (Å²) in [6.45, 7) is 4.79. The molecule has 0 aliphatic rings. The van der Waals surface area contributed by atoms with Crippen molar-refractivity contribution in [3.8, 4) is 5.75 Å². The lowest BCUT2D eigenvalue weighted by atomic mass is 10.0. The number of urea groups is 1. The van der Waals surface area contributed by atoms with Gasteiger partial charge in [0.15, 0.2) is 0 Å². The second-order valence-electron chi connectivity index (χ2n) is 6.61. The zero-order valence-corrected chi connectivity index (χ0v) is 16.8. The normalized spacial score (nSPS) is 13.2. The third-order valence-electron chi connectivity index (χ3n) is 4.04. The molecule has 1 aromatic heterocycles. The maximum Gasteiger partial charge on any atom is 0.315 e. The summed E-state index contributed by atoms with van der Waals surface area (Å²) in [5, 5.41) is 17.7. The van der Waals surface area contributed by atoms with Crippen LogP contribution in [0.2, 0.25) is 0 Å². The fourth-order valence-electron chi connectivity index (χ4n) is 2.53. The van der Waals surface area contributed by atoms with Crippen molar-refractivity contribution in [1.29, 1.82) is 0 Å². The first-order valence-electron chi connectivity index (χ1n) is 8.96. The minimum absolute atomic E-state index is 0.0477. The predicted octanol–water partition coefficient (Wildman–Crippen LogP) is 3.33. The fourth-order valence-corrected chi connectivity index (χ4v) is 3.48. The van der Waals surface area contributed by atoms with E-state index in [4.69, 9.17) is 9.47 Å². The number of thiophene rings is 1. The summed E-state index contributed by atoms with van der Waals surface area (Å²) in [7, 11) is 1.62. The minimum atomic E-state index is -0.770. The van der Waals surface area contributed by atoms with E-state index in [9.17, 15) is 9.90 Å². The fraction of sp³-hybridized carbons (Fsp3) is 0.450. The molecule has 6 nitrogen and oxygen atoms in total. The Kier molecular flexibility index (Phi) is 8.57. The topological polar surface area (TPSA) is 79.8 Å². The predicted molar refractivity (Wildman–Crippen MR) is 107 cm³/mol. The molecule has 0 saturated carbocycles. The number of aliphatic hydroxyl groups is 1. The van der Waals surface area contributed by atoms with Crippen molar-refractivity contribution in [2.45, 2.75) is 32.6 Å². The summed E-state index contributed by atoms with van der Waals surface area (Å²) in [4.78, 5) is 13.2. The van der Waals surface area contributed by atoms with Gasteiger partial charge in [-0.3, -0.25) is 0 Å². The van der Waals surface area contributed by atoms with Crippen LogP contribution < -0.4 is 15.4 Å². The van der Waals surface area contributed by atoms with E-state index in [1.807, 2.05) is 41.8 Å². The first kappa shape index (κ1) is 21.2. The highest BCUT2D eigenvalue weighted by Crippen LogP contribution is 2.25. The van der Waals surface area contributed by atoms with E-state index in [1.165, 1.54) is 0 Å². The molecule has 2 atom stereocenters. The van der Waals surface area contributed by atoms with E-state index in [1.54, 1.807) is 18.4 Å². The van der Waals surface area contributed by atoms with E-state index in [-0.39, 0.29) is 31.1 Å². The Balaban J connectivity index is 1.68. The molecule has 2 aromatic rings. The quantitative estimate of drug-likeness (QED) is 0.579. The molecule has 0 radical (unpaired) electrons. The molecule has 0 saturated heterocycles. The summed E-state index contributed by atoms with van der Waals surface area (Å²) >= 11 is 1.62. The van der Waals surface area contributed by atoms with Crippen LogP contribution in [-0.2, 0) is 11.3 Å². The summed E-state index contributed by atoms with van der Waals surface area (Å²) in [5.74, 6) is 1.06. The average Bonchev–Trinajstić information content (AvgIpc) is 3.19. The zero-order chi connectivity index (χ0) is 19.6. The number of carbonyl (C=O) groups is 1. The number of benzene rings is 1.